The number of aromatic nitrogens is 1. The molecule has 1 aromatic heterocycles. The number of aryl methyl sites for hydroxylation is 2. The second-order valence-electron chi connectivity index (χ2n) is 8.64. The number of benzene rings is 3. The van der Waals surface area contributed by atoms with Gasteiger partial charge in [-0.15, -0.1) is 0 Å². The van der Waals surface area contributed by atoms with Gasteiger partial charge in [0.2, 0.25) is 5.89 Å². The van der Waals surface area contributed by atoms with Crippen molar-refractivity contribution in [1.29, 1.82) is 0 Å². The zero-order valence-electron chi connectivity index (χ0n) is 20.2. The van der Waals surface area contributed by atoms with Gasteiger partial charge in [-0.1, -0.05) is 41.9 Å². The summed E-state index contributed by atoms with van der Waals surface area (Å²) in [7, 11) is 1.54. The molecule has 0 atom stereocenters. The fourth-order valence-electron chi connectivity index (χ4n) is 3.81. The summed E-state index contributed by atoms with van der Waals surface area (Å²) in [6.07, 6.45) is 0. The molecule has 0 radical (unpaired) electrons. The summed E-state index contributed by atoms with van der Waals surface area (Å²) in [4.78, 5) is 17.6. The molecule has 0 saturated carbocycles. The van der Waals surface area contributed by atoms with Crippen molar-refractivity contribution in [3.63, 3.8) is 0 Å². The third-order valence-corrected chi connectivity index (χ3v) is 6.39. The number of carbonyl (C=O) groups is 1. The molecule has 6 nitrogen and oxygen atoms in total. The molecule has 0 aliphatic rings. The van der Waals surface area contributed by atoms with Crippen LogP contribution in [0.2, 0.25) is 0 Å². The molecule has 2 N–H and O–H groups in total. The van der Waals surface area contributed by atoms with E-state index in [2.05, 4.69) is 57.5 Å². The minimum Gasteiger partial charge on any atom is -0.496 e. The van der Waals surface area contributed by atoms with Gasteiger partial charge in [-0.3, -0.25) is 10.1 Å². The van der Waals surface area contributed by atoms with Crippen LogP contribution in [0, 0.1) is 13.8 Å². The van der Waals surface area contributed by atoms with E-state index in [1.54, 1.807) is 6.07 Å². The maximum Gasteiger partial charge on any atom is 0.261 e. The van der Waals surface area contributed by atoms with Crippen LogP contribution < -0.4 is 15.4 Å². The molecule has 35 heavy (non-hydrogen) atoms. The first kappa shape index (κ1) is 24.9. The molecule has 0 unspecified atom stereocenters. The highest BCUT2D eigenvalue weighted by atomic mass is 79.9. The molecule has 0 spiro atoms. The fourth-order valence-corrected chi connectivity index (χ4v) is 4.59. The third kappa shape index (κ3) is 5.39. The Morgan fingerprint density at radius 2 is 1.86 bits per heavy atom. The quantitative estimate of drug-likeness (QED) is 0.257. The Hall–Kier alpha value is -3.23. The lowest BCUT2D eigenvalue weighted by molar-refractivity contribution is 0.0974. The van der Waals surface area contributed by atoms with Crippen molar-refractivity contribution >= 4 is 56.0 Å². The van der Waals surface area contributed by atoms with Gasteiger partial charge in [0.1, 0.15) is 11.3 Å². The summed E-state index contributed by atoms with van der Waals surface area (Å²) in [5.74, 6) is 1.07. The standard InChI is InChI=1S/C27H26BrN3O3S/c1-14(2)17-8-9-23-22(11-17)29-26(34-23)18-7-6-15(3)21(12-18)30-27(35)31-25(32)20-13-19(28)10-16(4)24(20)33-5/h6-14H,1-5H3,(H2,30,31,32,35). The average Bonchev–Trinajstić information content (AvgIpc) is 3.23. The predicted octanol–water partition coefficient (Wildman–Crippen LogP) is 7.13. The number of halogens is 1. The SMILES string of the molecule is COc1c(C)cc(Br)cc1C(=O)NC(=S)Nc1cc(-c2nc3cc(C(C)C)ccc3o2)ccc1C. The molecular weight excluding hydrogens is 526 g/mol. The third-order valence-electron chi connectivity index (χ3n) is 5.73. The summed E-state index contributed by atoms with van der Waals surface area (Å²) in [5, 5.41) is 6.04. The van der Waals surface area contributed by atoms with Crippen molar-refractivity contribution in [2.24, 2.45) is 0 Å². The second kappa shape index (κ2) is 10.2. The maximum absolute atomic E-state index is 12.9. The molecule has 0 fully saturated rings. The number of fused-ring (bicyclic) bond motifs is 1. The predicted molar refractivity (Wildman–Crippen MR) is 147 cm³/mol. The number of thiocarbonyl (C=S) groups is 1. The van der Waals surface area contributed by atoms with Crippen LogP contribution in [0.15, 0.2) is 57.4 Å². The Bertz CT molecular complexity index is 1450. The Morgan fingerprint density at radius 3 is 2.57 bits per heavy atom. The van der Waals surface area contributed by atoms with Gasteiger partial charge in [0.25, 0.3) is 5.91 Å². The van der Waals surface area contributed by atoms with Crippen molar-refractivity contribution in [3.8, 4) is 17.2 Å². The van der Waals surface area contributed by atoms with E-state index < -0.39 is 0 Å². The fraction of sp³-hybridized carbons (Fsp3) is 0.222. The highest BCUT2D eigenvalue weighted by Crippen LogP contribution is 2.30. The van der Waals surface area contributed by atoms with Crippen molar-refractivity contribution in [3.05, 3.63) is 75.3 Å². The summed E-state index contributed by atoms with van der Waals surface area (Å²) in [6, 6.07) is 15.5. The molecule has 4 aromatic rings. The molecule has 0 aliphatic carbocycles. The molecule has 1 amide bonds. The van der Waals surface area contributed by atoms with Crippen LogP contribution in [0.5, 0.6) is 5.75 Å². The van der Waals surface area contributed by atoms with Gasteiger partial charge in [-0.2, -0.15) is 0 Å². The summed E-state index contributed by atoms with van der Waals surface area (Å²) < 4.78 is 12.2. The van der Waals surface area contributed by atoms with Crippen molar-refractivity contribution in [2.75, 3.05) is 12.4 Å². The first-order valence-corrected chi connectivity index (χ1v) is 12.3. The number of methoxy groups -OCH3 is 1. The topological polar surface area (TPSA) is 76.4 Å². The average molecular weight is 552 g/mol. The van der Waals surface area contributed by atoms with E-state index in [9.17, 15) is 4.79 Å². The molecule has 180 valence electrons. The lowest BCUT2D eigenvalue weighted by Crippen LogP contribution is -2.34. The number of amides is 1. The normalized spacial score (nSPS) is 11.1. The van der Waals surface area contributed by atoms with E-state index in [1.807, 2.05) is 44.2 Å². The highest BCUT2D eigenvalue weighted by Gasteiger charge is 2.18. The van der Waals surface area contributed by atoms with Gasteiger partial charge in [-0.25, -0.2) is 4.98 Å². The minimum atomic E-state index is -0.363. The summed E-state index contributed by atoms with van der Waals surface area (Å²) in [6.45, 7) is 8.13. The van der Waals surface area contributed by atoms with Crippen molar-refractivity contribution in [1.82, 2.24) is 10.3 Å². The van der Waals surface area contributed by atoms with Crippen LogP contribution >= 0.6 is 28.1 Å². The number of oxazole rings is 1. The minimum absolute atomic E-state index is 0.175. The first-order valence-electron chi connectivity index (χ1n) is 11.1. The van der Waals surface area contributed by atoms with Gasteiger partial charge in [0.05, 0.1) is 12.7 Å². The van der Waals surface area contributed by atoms with E-state index in [-0.39, 0.29) is 11.0 Å². The number of ether oxygens (including phenoxy) is 1. The number of nitrogens with one attached hydrogen (secondary N) is 2. The first-order chi connectivity index (χ1) is 16.7. The molecule has 3 aromatic carbocycles. The van der Waals surface area contributed by atoms with Crippen LogP contribution in [-0.2, 0) is 0 Å². The van der Waals surface area contributed by atoms with Gasteiger partial charge >= 0.3 is 0 Å². The van der Waals surface area contributed by atoms with E-state index in [0.29, 0.717) is 23.1 Å². The van der Waals surface area contributed by atoms with Crippen LogP contribution in [0.4, 0.5) is 5.69 Å². The Labute approximate surface area is 218 Å². The van der Waals surface area contributed by atoms with Gasteiger partial charge < -0.3 is 14.5 Å². The summed E-state index contributed by atoms with van der Waals surface area (Å²) in [5.41, 5.74) is 6.51. The molecule has 1 heterocycles. The molecule has 0 bridgehead atoms. The molecule has 0 aliphatic heterocycles. The lowest BCUT2D eigenvalue weighted by atomic mass is 10.0. The zero-order valence-corrected chi connectivity index (χ0v) is 22.6. The Kier molecular flexibility index (Phi) is 7.23. The monoisotopic (exact) mass is 551 g/mol. The van der Waals surface area contributed by atoms with Crippen LogP contribution in [0.3, 0.4) is 0 Å². The molecule has 4 rings (SSSR count). The number of hydrogen-bond donors (Lipinski definition) is 2. The van der Waals surface area contributed by atoms with E-state index >= 15 is 0 Å². The van der Waals surface area contributed by atoms with E-state index in [4.69, 9.17) is 21.4 Å². The molecule has 0 saturated heterocycles. The van der Waals surface area contributed by atoms with Crippen molar-refractivity contribution in [2.45, 2.75) is 33.6 Å². The van der Waals surface area contributed by atoms with Crippen LogP contribution in [-0.4, -0.2) is 23.1 Å². The van der Waals surface area contributed by atoms with Crippen LogP contribution in [0.25, 0.3) is 22.6 Å². The lowest BCUT2D eigenvalue weighted by Gasteiger charge is -2.15. The second-order valence-corrected chi connectivity index (χ2v) is 9.97. The molecule has 8 heteroatoms. The van der Waals surface area contributed by atoms with Crippen molar-refractivity contribution < 1.29 is 13.9 Å². The number of anilines is 1. The Morgan fingerprint density at radius 1 is 1.09 bits per heavy atom. The van der Waals surface area contributed by atoms with Gasteiger partial charge in [-0.05, 0) is 85.1 Å². The number of hydrogen-bond acceptors (Lipinski definition) is 5. The number of rotatable bonds is 5. The zero-order chi connectivity index (χ0) is 25.3. The summed E-state index contributed by atoms with van der Waals surface area (Å²) >= 11 is 8.86. The van der Waals surface area contributed by atoms with Gasteiger partial charge in [0.15, 0.2) is 10.7 Å². The van der Waals surface area contributed by atoms with Crippen LogP contribution in [0.1, 0.15) is 46.8 Å². The highest BCUT2D eigenvalue weighted by molar-refractivity contribution is 9.10. The van der Waals surface area contributed by atoms with Gasteiger partial charge in [0, 0.05) is 15.7 Å². The number of nitrogens with zero attached hydrogens (tertiary/aromatic N) is 1. The number of carbonyl (C=O) groups excluding carboxylic acids is 1. The van der Waals surface area contributed by atoms with E-state index in [0.717, 1.165) is 38.0 Å². The van der Waals surface area contributed by atoms with E-state index in [1.165, 1.54) is 12.7 Å². The maximum atomic E-state index is 12.9. The molecular formula is C27H26BrN3O3S. The largest absolute Gasteiger partial charge is 0.496 e. The smallest absolute Gasteiger partial charge is 0.261 e. The Balaban J connectivity index is 1.55.